The number of carboxylic acid groups (broad SMARTS) is 1. The van der Waals surface area contributed by atoms with Crippen molar-refractivity contribution in [2.24, 2.45) is 0 Å². The van der Waals surface area contributed by atoms with Gasteiger partial charge in [0.25, 0.3) is 0 Å². The molecule has 0 radical (unpaired) electrons. The van der Waals surface area contributed by atoms with Crippen molar-refractivity contribution in [3.05, 3.63) is 88.6 Å². The topological polar surface area (TPSA) is 108 Å². The van der Waals surface area contributed by atoms with Crippen LogP contribution in [0.5, 0.6) is 11.6 Å². The second kappa shape index (κ2) is 12.3. The maximum atomic E-state index is 11.6. The van der Waals surface area contributed by atoms with Crippen LogP contribution in [-0.4, -0.2) is 76.9 Å². The number of rotatable bonds is 9. The molecular formula is C32H34N4O6. The molecule has 42 heavy (non-hydrogen) atoms. The van der Waals surface area contributed by atoms with Gasteiger partial charge in [0.05, 0.1) is 44.9 Å². The Morgan fingerprint density at radius 3 is 2.81 bits per heavy atom. The van der Waals surface area contributed by atoms with Gasteiger partial charge in [0, 0.05) is 25.2 Å². The van der Waals surface area contributed by atoms with E-state index in [0.717, 1.165) is 48.5 Å². The molecule has 218 valence electrons. The summed E-state index contributed by atoms with van der Waals surface area (Å²) in [4.78, 5) is 18.8. The van der Waals surface area contributed by atoms with E-state index < -0.39 is 5.97 Å². The summed E-state index contributed by atoms with van der Waals surface area (Å²) in [5.41, 5.74) is 6.30. The molecule has 2 aromatic heterocycles. The number of carbonyl (C=O) groups is 1. The molecule has 6 rings (SSSR count). The van der Waals surface area contributed by atoms with Crippen LogP contribution in [0.25, 0.3) is 17.1 Å². The molecule has 0 spiro atoms. The molecule has 1 atom stereocenters. The first-order valence-electron chi connectivity index (χ1n) is 14.1. The van der Waals surface area contributed by atoms with Gasteiger partial charge in [0.1, 0.15) is 17.9 Å². The predicted molar refractivity (Wildman–Crippen MR) is 155 cm³/mol. The molecule has 4 heterocycles. The monoisotopic (exact) mass is 570 g/mol. The summed E-state index contributed by atoms with van der Waals surface area (Å²) in [6.45, 7) is 7.28. The number of para-hydroxylation sites is 1. The lowest BCUT2D eigenvalue weighted by Gasteiger charge is -2.33. The Balaban J connectivity index is 1.19. The zero-order valence-electron chi connectivity index (χ0n) is 23.8. The quantitative estimate of drug-likeness (QED) is 0.315. The van der Waals surface area contributed by atoms with Crippen molar-refractivity contribution in [2.75, 3.05) is 40.0 Å². The number of aryl methyl sites for hydroxylation is 1. The van der Waals surface area contributed by atoms with Crippen molar-refractivity contribution in [2.45, 2.75) is 32.6 Å². The molecule has 0 saturated carbocycles. The second-order valence-electron chi connectivity index (χ2n) is 10.6. The van der Waals surface area contributed by atoms with Crippen LogP contribution >= 0.6 is 0 Å². The number of carboxylic acids is 1. The summed E-state index contributed by atoms with van der Waals surface area (Å²) < 4.78 is 24.6. The fraction of sp³-hybridized carbons (Fsp3) is 0.344. The van der Waals surface area contributed by atoms with Crippen LogP contribution in [0.1, 0.15) is 32.6 Å². The molecule has 4 aromatic rings. The third-order valence-corrected chi connectivity index (χ3v) is 7.68. The Kier molecular flexibility index (Phi) is 8.18. The number of ether oxygens (including phenoxy) is 4. The van der Waals surface area contributed by atoms with E-state index in [9.17, 15) is 9.90 Å². The van der Waals surface area contributed by atoms with Crippen molar-refractivity contribution in [1.29, 1.82) is 0 Å². The van der Waals surface area contributed by atoms with Crippen molar-refractivity contribution >= 4 is 5.97 Å². The SMILES string of the molecule is COc1c(C(=O)O)cnn1-c1cccc(-c2cccc(C)c2OCc2ccc3c(c2)CCN(CC2COCCO2)C3)n1. The highest BCUT2D eigenvalue weighted by Gasteiger charge is 2.23. The number of methoxy groups -OCH3 is 1. The van der Waals surface area contributed by atoms with E-state index in [0.29, 0.717) is 37.9 Å². The second-order valence-corrected chi connectivity index (χ2v) is 10.6. The van der Waals surface area contributed by atoms with Crippen LogP contribution in [0.15, 0.2) is 60.8 Å². The third kappa shape index (κ3) is 5.87. The number of pyridine rings is 1. The molecule has 2 aromatic carbocycles. The number of aromatic nitrogens is 3. The first-order valence-corrected chi connectivity index (χ1v) is 14.1. The van der Waals surface area contributed by atoms with Gasteiger partial charge >= 0.3 is 5.97 Å². The van der Waals surface area contributed by atoms with E-state index in [-0.39, 0.29) is 17.5 Å². The van der Waals surface area contributed by atoms with Gasteiger partial charge in [0.15, 0.2) is 5.82 Å². The van der Waals surface area contributed by atoms with Crippen LogP contribution < -0.4 is 9.47 Å². The van der Waals surface area contributed by atoms with Crippen molar-refractivity contribution in [3.8, 4) is 28.7 Å². The average molecular weight is 571 g/mol. The van der Waals surface area contributed by atoms with Crippen LogP contribution in [0.3, 0.4) is 0 Å². The molecule has 0 bridgehead atoms. The summed E-state index contributed by atoms with van der Waals surface area (Å²) in [6, 6.07) is 18.1. The highest BCUT2D eigenvalue weighted by molar-refractivity contribution is 5.90. The summed E-state index contributed by atoms with van der Waals surface area (Å²) in [7, 11) is 1.41. The lowest BCUT2D eigenvalue weighted by atomic mass is 9.97. The van der Waals surface area contributed by atoms with E-state index in [1.807, 2.05) is 37.3 Å². The Labute approximate surface area is 244 Å². The number of hydrogen-bond donors (Lipinski definition) is 1. The van der Waals surface area contributed by atoms with Crippen LogP contribution in [0, 0.1) is 6.92 Å². The summed E-state index contributed by atoms with van der Waals surface area (Å²) in [5, 5.41) is 13.7. The maximum absolute atomic E-state index is 11.6. The average Bonchev–Trinajstić information content (AvgIpc) is 3.46. The Bertz CT molecular complexity index is 1580. The number of benzene rings is 2. The minimum absolute atomic E-state index is 0.0325. The zero-order valence-corrected chi connectivity index (χ0v) is 23.8. The minimum Gasteiger partial charge on any atom is -0.488 e. The van der Waals surface area contributed by atoms with Gasteiger partial charge in [-0.25, -0.2) is 9.78 Å². The van der Waals surface area contributed by atoms with E-state index in [1.54, 1.807) is 6.07 Å². The van der Waals surface area contributed by atoms with Gasteiger partial charge < -0.3 is 24.1 Å². The molecule has 0 amide bonds. The number of hydrogen-bond acceptors (Lipinski definition) is 8. The number of nitrogens with zero attached hydrogens (tertiary/aromatic N) is 4. The first kappa shape index (κ1) is 27.9. The predicted octanol–water partition coefficient (Wildman–Crippen LogP) is 4.30. The maximum Gasteiger partial charge on any atom is 0.342 e. The lowest BCUT2D eigenvalue weighted by Crippen LogP contribution is -2.42. The van der Waals surface area contributed by atoms with Gasteiger partial charge in [-0.05, 0) is 53.8 Å². The molecule has 10 heteroatoms. The molecule has 0 aliphatic carbocycles. The van der Waals surface area contributed by atoms with Crippen molar-refractivity contribution < 1.29 is 28.8 Å². The fourth-order valence-electron chi connectivity index (χ4n) is 5.58. The highest BCUT2D eigenvalue weighted by atomic mass is 16.6. The van der Waals surface area contributed by atoms with Crippen LogP contribution in [0.2, 0.25) is 0 Å². The molecule has 1 fully saturated rings. The van der Waals surface area contributed by atoms with E-state index in [2.05, 4.69) is 28.2 Å². The molecular weight excluding hydrogens is 536 g/mol. The summed E-state index contributed by atoms with van der Waals surface area (Å²) in [5.74, 6) is 0.182. The van der Waals surface area contributed by atoms with Crippen LogP contribution in [0.4, 0.5) is 0 Å². The smallest absolute Gasteiger partial charge is 0.342 e. The standard InChI is InChI=1S/C32H34N4O6/c1-21-5-3-6-26(28-7-4-8-29(34-28)36-31(39-2)27(16-33-36)32(37)38)30(21)42-19-22-9-10-24-17-35(12-11-23(24)15-22)18-25-20-40-13-14-41-25/h3-10,15-16,25H,11-14,17-20H2,1-2H3,(H,37,38). The van der Waals surface area contributed by atoms with Crippen molar-refractivity contribution in [3.63, 3.8) is 0 Å². The molecule has 1 saturated heterocycles. The zero-order chi connectivity index (χ0) is 29.1. The van der Waals surface area contributed by atoms with E-state index in [1.165, 1.54) is 29.1 Å². The lowest BCUT2D eigenvalue weighted by molar-refractivity contribution is -0.0985. The molecule has 10 nitrogen and oxygen atoms in total. The Morgan fingerprint density at radius 2 is 2.00 bits per heavy atom. The third-order valence-electron chi connectivity index (χ3n) is 7.68. The minimum atomic E-state index is -1.12. The van der Waals surface area contributed by atoms with Gasteiger partial charge in [0.2, 0.25) is 5.88 Å². The molecule has 1 unspecified atom stereocenters. The van der Waals surface area contributed by atoms with Crippen LogP contribution in [-0.2, 0) is 29.0 Å². The van der Waals surface area contributed by atoms with Crippen molar-refractivity contribution in [1.82, 2.24) is 19.7 Å². The highest BCUT2D eigenvalue weighted by Crippen LogP contribution is 2.34. The molecule has 1 N–H and O–H groups in total. The van der Waals surface area contributed by atoms with Gasteiger partial charge in [-0.2, -0.15) is 9.78 Å². The van der Waals surface area contributed by atoms with Gasteiger partial charge in [-0.3, -0.25) is 4.90 Å². The molecule has 2 aliphatic heterocycles. The number of aromatic carboxylic acids is 1. The summed E-state index contributed by atoms with van der Waals surface area (Å²) in [6.07, 6.45) is 2.39. The van der Waals surface area contributed by atoms with E-state index >= 15 is 0 Å². The number of fused-ring (bicyclic) bond motifs is 1. The Morgan fingerprint density at radius 1 is 1.12 bits per heavy atom. The van der Waals surface area contributed by atoms with Gasteiger partial charge in [-0.1, -0.05) is 36.4 Å². The first-order chi connectivity index (χ1) is 20.5. The summed E-state index contributed by atoms with van der Waals surface area (Å²) >= 11 is 0. The normalized spacial score (nSPS) is 17.0. The van der Waals surface area contributed by atoms with E-state index in [4.69, 9.17) is 23.9 Å². The fourth-order valence-corrected chi connectivity index (χ4v) is 5.58. The largest absolute Gasteiger partial charge is 0.488 e. The Hall–Kier alpha value is -4.25. The van der Waals surface area contributed by atoms with Gasteiger partial charge in [-0.15, -0.1) is 0 Å². The molecule has 2 aliphatic rings.